The van der Waals surface area contributed by atoms with E-state index in [9.17, 15) is 0 Å². The van der Waals surface area contributed by atoms with Crippen LogP contribution in [-0.4, -0.2) is 8.32 Å². The summed E-state index contributed by atoms with van der Waals surface area (Å²) in [5.41, 5.74) is 4.05. The van der Waals surface area contributed by atoms with Crippen LogP contribution >= 0.6 is 0 Å². The fourth-order valence-electron chi connectivity index (χ4n) is 2.84. The van der Waals surface area contributed by atoms with Gasteiger partial charge in [0.05, 0.1) is 0 Å². The molecule has 0 spiro atoms. The first kappa shape index (κ1) is 14.9. The van der Waals surface area contributed by atoms with E-state index >= 15 is 0 Å². The number of hydrogen-bond acceptors (Lipinski definition) is 1. The third kappa shape index (κ3) is 2.99. The van der Waals surface area contributed by atoms with Gasteiger partial charge in [0, 0.05) is 17.9 Å². The van der Waals surface area contributed by atoms with E-state index in [-0.39, 0.29) is 0 Å². The molecular weight excluding hydrogens is 260 g/mol. The summed E-state index contributed by atoms with van der Waals surface area (Å²) in [4.78, 5) is 0. The normalized spacial score (nSPS) is 19.0. The van der Waals surface area contributed by atoms with Crippen molar-refractivity contribution in [3.05, 3.63) is 35.4 Å². The van der Waals surface area contributed by atoms with Crippen LogP contribution in [0.25, 0.3) is 5.57 Å². The van der Waals surface area contributed by atoms with Crippen LogP contribution in [0.2, 0.25) is 19.6 Å². The van der Waals surface area contributed by atoms with Crippen molar-refractivity contribution in [3.63, 3.8) is 0 Å². The molecule has 2 unspecified atom stereocenters. The molecule has 1 aliphatic carbocycles. The van der Waals surface area contributed by atoms with Crippen LogP contribution in [0.4, 0.5) is 0 Å². The maximum Gasteiger partial charge on any atom is 0.242 e. The molecule has 2 atom stereocenters. The highest BCUT2D eigenvalue weighted by Crippen LogP contribution is 2.45. The summed E-state index contributed by atoms with van der Waals surface area (Å²) in [5.74, 6) is 4.66. The first-order valence-corrected chi connectivity index (χ1v) is 10.7. The van der Waals surface area contributed by atoms with Crippen LogP contribution in [0.1, 0.15) is 37.3 Å². The van der Waals surface area contributed by atoms with E-state index in [2.05, 4.69) is 63.7 Å². The average molecular weight is 284 g/mol. The van der Waals surface area contributed by atoms with Crippen LogP contribution in [0.15, 0.2) is 24.3 Å². The third-order valence-corrected chi connectivity index (χ3v) is 4.47. The minimum Gasteiger partial charge on any atom is -0.544 e. The fraction of sp³-hybridized carbons (Fsp3) is 0.444. The Morgan fingerprint density at radius 2 is 2.05 bits per heavy atom. The van der Waals surface area contributed by atoms with Gasteiger partial charge < -0.3 is 4.43 Å². The van der Waals surface area contributed by atoms with Crippen molar-refractivity contribution >= 4 is 13.9 Å². The predicted molar refractivity (Wildman–Crippen MR) is 89.4 cm³/mol. The van der Waals surface area contributed by atoms with Gasteiger partial charge in [-0.05, 0) is 42.8 Å². The lowest BCUT2D eigenvalue weighted by atomic mass is 9.93. The molecule has 106 valence electrons. The quantitative estimate of drug-likeness (QED) is 0.554. The summed E-state index contributed by atoms with van der Waals surface area (Å²) in [6.07, 6.45) is 8.61. The van der Waals surface area contributed by atoms with Crippen molar-refractivity contribution in [1.82, 2.24) is 0 Å². The third-order valence-electron chi connectivity index (χ3n) is 3.63. The topological polar surface area (TPSA) is 9.23 Å². The lowest BCUT2D eigenvalue weighted by Gasteiger charge is -2.23. The molecule has 1 nitrogen and oxygen atoms in total. The van der Waals surface area contributed by atoms with Crippen molar-refractivity contribution in [3.8, 4) is 18.1 Å². The van der Waals surface area contributed by atoms with Gasteiger partial charge in [-0.3, -0.25) is 0 Å². The van der Waals surface area contributed by atoms with Gasteiger partial charge in [0.15, 0.2) is 0 Å². The minimum absolute atomic E-state index is 0.408. The molecule has 1 aromatic carbocycles. The van der Waals surface area contributed by atoms with Crippen molar-refractivity contribution in [2.24, 2.45) is 5.92 Å². The van der Waals surface area contributed by atoms with E-state index in [4.69, 9.17) is 10.8 Å². The molecule has 2 rings (SSSR count). The van der Waals surface area contributed by atoms with Gasteiger partial charge >= 0.3 is 0 Å². The number of allylic oxidation sites excluding steroid dienone is 2. The summed E-state index contributed by atoms with van der Waals surface area (Å²) in [7, 11) is -1.59. The van der Waals surface area contributed by atoms with Crippen LogP contribution in [0.5, 0.6) is 5.75 Å². The van der Waals surface area contributed by atoms with Crippen LogP contribution in [0.3, 0.4) is 0 Å². The molecular formula is C18H24OSi. The summed E-state index contributed by atoms with van der Waals surface area (Å²) in [6, 6.07) is 6.41. The van der Waals surface area contributed by atoms with Crippen molar-refractivity contribution in [2.75, 3.05) is 0 Å². The number of fused-ring (bicyclic) bond motifs is 1. The molecule has 0 aromatic heterocycles. The Morgan fingerprint density at radius 3 is 2.65 bits per heavy atom. The van der Waals surface area contributed by atoms with E-state index in [1.165, 1.54) is 16.7 Å². The Kier molecular flexibility index (Phi) is 4.11. The minimum atomic E-state index is -1.59. The lowest BCUT2D eigenvalue weighted by Crippen LogP contribution is -2.29. The SMILES string of the molecule is C#CCC(C)C1=CC(C)c2c(O[Si](C)(C)C)cccc21. The number of hydrogen-bond donors (Lipinski definition) is 0. The molecule has 0 radical (unpaired) electrons. The molecule has 2 heteroatoms. The highest BCUT2D eigenvalue weighted by atomic mass is 28.4. The first-order chi connectivity index (χ1) is 9.33. The smallest absolute Gasteiger partial charge is 0.242 e. The zero-order chi connectivity index (χ0) is 14.9. The molecule has 0 heterocycles. The summed E-state index contributed by atoms with van der Waals surface area (Å²) >= 11 is 0. The molecule has 1 aromatic rings. The highest BCUT2D eigenvalue weighted by molar-refractivity contribution is 6.70. The van der Waals surface area contributed by atoms with Gasteiger partial charge in [0.1, 0.15) is 5.75 Å². The standard InChI is InChI=1S/C18H24OSi/c1-7-9-13(2)16-12-14(3)18-15(16)10-8-11-17(18)19-20(4,5)6/h1,8,10-14H,9H2,2-6H3. The molecule has 0 saturated heterocycles. The second-order valence-corrected chi connectivity index (χ2v) is 11.1. The van der Waals surface area contributed by atoms with Gasteiger partial charge in [0.2, 0.25) is 8.32 Å². The Labute approximate surface area is 124 Å². The highest BCUT2D eigenvalue weighted by Gasteiger charge is 2.28. The Bertz CT molecular complexity index is 572. The van der Waals surface area contributed by atoms with Gasteiger partial charge in [-0.1, -0.05) is 32.1 Å². The average Bonchev–Trinajstić information content (AvgIpc) is 2.66. The summed E-state index contributed by atoms with van der Waals surface area (Å²) in [6.45, 7) is 11.1. The van der Waals surface area contributed by atoms with Crippen LogP contribution in [-0.2, 0) is 0 Å². The molecule has 0 aliphatic heterocycles. The number of terminal acetylenes is 1. The van der Waals surface area contributed by atoms with Crippen molar-refractivity contribution in [1.29, 1.82) is 0 Å². The van der Waals surface area contributed by atoms with Gasteiger partial charge in [-0.25, -0.2) is 0 Å². The van der Waals surface area contributed by atoms with E-state index in [0.29, 0.717) is 11.8 Å². The molecule has 20 heavy (non-hydrogen) atoms. The van der Waals surface area contributed by atoms with Crippen LogP contribution in [0, 0.1) is 18.3 Å². The number of benzene rings is 1. The molecule has 0 bridgehead atoms. The predicted octanol–water partition coefficient (Wildman–Crippen LogP) is 5.06. The van der Waals surface area contributed by atoms with Crippen molar-refractivity contribution < 1.29 is 4.43 Å². The largest absolute Gasteiger partial charge is 0.544 e. The Hall–Kier alpha value is -1.46. The van der Waals surface area contributed by atoms with Crippen LogP contribution < -0.4 is 4.43 Å². The van der Waals surface area contributed by atoms with E-state index in [0.717, 1.165) is 12.2 Å². The zero-order valence-electron chi connectivity index (χ0n) is 13.2. The second-order valence-electron chi connectivity index (χ2n) is 6.65. The van der Waals surface area contributed by atoms with Crippen molar-refractivity contribution in [2.45, 2.75) is 45.8 Å². The lowest BCUT2D eigenvalue weighted by molar-refractivity contribution is 0.547. The van der Waals surface area contributed by atoms with Gasteiger partial charge in [-0.15, -0.1) is 12.3 Å². The zero-order valence-corrected chi connectivity index (χ0v) is 14.2. The van der Waals surface area contributed by atoms with E-state index < -0.39 is 8.32 Å². The molecule has 0 fully saturated rings. The molecule has 0 saturated carbocycles. The maximum absolute atomic E-state index is 6.27. The number of rotatable bonds is 4. The first-order valence-electron chi connectivity index (χ1n) is 7.31. The Balaban J connectivity index is 2.41. The summed E-state index contributed by atoms with van der Waals surface area (Å²) in [5, 5.41) is 0. The molecule has 1 aliphatic rings. The molecule has 0 N–H and O–H groups in total. The maximum atomic E-state index is 6.27. The second kappa shape index (κ2) is 5.50. The summed E-state index contributed by atoms with van der Waals surface area (Å²) < 4.78 is 6.27. The fourth-order valence-corrected chi connectivity index (χ4v) is 3.68. The monoisotopic (exact) mass is 284 g/mol. The van der Waals surface area contributed by atoms with Gasteiger partial charge in [-0.2, -0.15) is 0 Å². The van der Waals surface area contributed by atoms with E-state index in [1.807, 2.05) is 0 Å². The Morgan fingerprint density at radius 1 is 1.35 bits per heavy atom. The van der Waals surface area contributed by atoms with Gasteiger partial charge in [0.25, 0.3) is 0 Å². The van der Waals surface area contributed by atoms with E-state index in [1.54, 1.807) is 0 Å². The molecule has 0 amide bonds.